The van der Waals surface area contributed by atoms with Crippen molar-refractivity contribution >= 4 is 33.6 Å². The Hall–Kier alpha value is -2.96. The Morgan fingerprint density at radius 1 is 0.964 bits per heavy atom. The predicted molar refractivity (Wildman–Crippen MR) is 105 cm³/mol. The number of allylic oxidation sites excluding steroid dienone is 1. The van der Waals surface area contributed by atoms with Crippen LogP contribution in [0, 0.1) is 5.82 Å². The van der Waals surface area contributed by atoms with E-state index in [1.54, 1.807) is 24.3 Å². The molecule has 3 aromatic carbocycles. The van der Waals surface area contributed by atoms with Crippen LogP contribution >= 0.6 is 11.6 Å². The maximum Gasteiger partial charge on any atom is 0.339 e. The number of hydrogen-bond donors (Lipinski definition) is 0. The SMILES string of the molecule is O=C(C=Cc1cccc(Cl)c1)c1ccc(OS(=O)(=O)c2ccc(F)cc2)cc1. The molecule has 0 amide bonds. The van der Waals surface area contributed by atoms with Crippen molar-refractivity contribution in [3.05, 3.63) is 101 Å². The van der Waals surface area contributed by atoms with Crippen molar-refractivity contribution in [1.29, 1.82) is 0 Å². The van der Waals surface area contributed by atoms with Gasteiger partial charge in [0.05, 0.1) is 0 Å². The highest BCUT2D eigenvalue weighted by Gasteiger charge is 2.16. The largest absolute Gasteiger partial charge is 0.379 e. The number of benzene rings is 3. The molecule has 3 aromatic rings. The average molecular weight is 417 g/mol. The molecule has 0 aromatic heterocycles. The molecule has 4 nitrogen and oxygen atoms in total. The van der Waals surface area contributed by atoms with Gasteiger partial charge < -0.3 is 4.18 Å². The molecule has 28 heavy (non-hydrogen) atoms. The maximum absolute atomic E-state index is 12.9. The first kappa shape index (κ1) is 19.8. The highest BCUT2D eigenvalue weighted by molar-refractivity contribution is 7.87. The third-order valence-electron chi connectivity index (χ3n) is 3.72. The van der Waals surface area contributed by atoms with Crippen LogP contribution < -0.4 is 4.18 Å². The molecule has 0 unspecified atom stereocenters. The smallest absolute Gasteiger partial charge is 0.339 e. The molecule has 0 aliphatic heterocycles. The van der Waals surface area contributed by atoms with Gasteiger partial charge in [0, 0.05) is 10.6 Å². The van der Waals surface area contributed by atoms with Gasteiger partial charge in [0.1, 0.15) is 16.5 Å². The Morgan fingerprint density at radius 3 is 2.29 bits per heavy atom. The zero-order valence-electron chi connectivity index (χ0n) is 14.4. The molecule has 0 aliphatic carbocycles. The molecule has 7 heteroatoms. The number of ketones is 1. The monoisotopic (exact) mass is 416 g/mol. The second-order valence-electron chi connectivity index (χ2n) is 5.77. The fourth-order valence-electron chi connectivity index (χ4n) is 2.33. The Bertz CT molecular complexity index is 1120. The fourth-order valence-corrected chi connectivity index (χ4v) is 3.46. The van der Waals surface area contributed by atoms with Crippen LogP contribution in [0.25, 0.3) is 6.08 Å². The summed E-state index contributed by atoms with van der Waals surface area (Å²) in [4.78, 5) is 12.1. The summed E-state index contributed by atoms with van der Waals surface area (Å²) in [7, 11) is -4.09. The molecule has 0 bridgehead atoms. The van der Waals surface area contributed by atoms with Gasteiger partial charge >= 0.3 is 10.1 Å². The molecule has 0 saturated heterocycles. The van der Waals surface area contributed by atoms with Gasteiger partial charge in [0.25, 0.3) is 0 Å². The first-order chi connectivity index (χ1) is 13.3. The lowest BCUT2D eigenvalue weighted by molar-refractivity contribution is 0.104. The van der Waals surface area contributed by atoms with Crippen molar-refractivity contribution in [2.24, 2.45) is 0 Å². The molecule has 0 saturated carbocycles. The normalized spacial score (nSPS) is 11.5. The Morgan fingerprint density at radius 2 is 1.64 bits per heavy atom. The van der Waals surface area contributed by atoms with Gasteiger partial charge in [-0.25, -0.2) is 4.39 Å². The minimum Gasteiger partial charge on any atom is -0.379 e. The first-order valence-corrected chi connectivity index (χ1v) is 9.90. The van der Waals surface area contributed by atoms with Gasteiger partial charge in [-0.15, -0.1) is 0 Å². The molecule has 0 atom stereocenters. The summed E-state index contributed by atoms with van der Waals surface area (Å²) in [6.07, 6.45) is 3.04. The van der Waals surface area contributed by atoms with Crippen LogP contribution in [-0.4, -0.2) is 14.2 Å². The predicted octanol–water partition coefficient (Wildman–Crippen LogP) is 5.14. The van der Waals surface area contributed by atoms with E-state index in [-0.39, 0.29) is 16.4 Å². The lowest BCUT2D eigenvalue weighted by atomic mass is 10.1. The number of carbonyl (C=O) groups excluding carboxylic acids is 1. The van der Waals surface area contributed by atoms with Gasteiger partial charge in [-0.1, -0.05) is 29.8 Å². The van der Waals surface area contributed by atoms with Gasteiger partial charge in [0.2, 0.25) is 0 Å². The standard InChI is InChI=1S/C21H14ClFO4S/c22-17-3-1-2-15(14-17)4-13-21(24)16-5-9-19(10-6-16)27-28(25,26)20-11-7-18(23)8-12-20/h1-14H. The van der Waals surface area contributed by atoms with Crippen LogP contribution in [0.15, 0.2) is 83.8 Å². The van der Waals surface area contributed by atoms with Crippen LogP contribution in [-0.2, 0) is 10.1 Å². The summed E-state index contributed by atoms with van der Waals surface area (Å²) < 4.78 is 42.3. The third-order valence-corrected chi connectivity index (χ3v) is 5.22. The van der Waals surface area contributed by atoms with Gasteiger partial charge in [-0.3, -0.25) is 4.79 Å². The van der Waals surface area contributed by atoms with E-state index >= 15 is 0 Å². The Balaban J connectivity index is 1.70. The molecular formula is C21H14ClFO4S. The summed E-state index contributed by atoms with van der Waals surface area (Å²) in [6, 6.07) is 17.0. The van der Waals surface area contributed by atoms with Crippen molar-refractivity contribution in [1.82, 2.24) is 0 Å². The minimum atomic E-state index is -4.09. The van der Waals surface area contributed by atoms with Crippen LogP contribution in [0.5, 0.6) is 5.75 Å². The lowest BCUT2D eigenvalue weighted by Gasteiger charge is -2.07. The molecule has 0 spiro atoms. The molecule has 3 rings (SSSR count). The van der Waals surface area contributed by atoms with Crippen molar-refractivity contribution in [3.8, 4) is 5.75 Å². The van der Waals surface area contributed by atoms with E-state index in [0.717, 1.165) is 29.8 Å². The van der Waals surface area contributed by atoms with Gasteiger partial charge in [0.15, 0.2) is 5.78 Å². The highest BCUT2D eigenvalue weighted by atomic mass is 35.5. The number of hydrogen-bond acceptors (Lipinski definition) is 4. The molecular weight excluding hydrogens is 403 g/mol. The third kappa shape index (κ3) is 5.06. The van der Waals surface area contributed by atoms with E-state index in [1.807, 2.05) is 6.07 Å². The van der Waals surface area contributed by atoms with Crippen LogP contribution in [0.4, 0.5) is 4.39 Å². The zero-order chi connectivity index (χ0) is 20.1. The van der Waals surface area contributed by atoms with Crippen molar-refractivity contribution < 1.29 is 21.8 Å². The van der Waals surface area contributed by atoms with Crippen molar-refractivity contribution in [2.75, 3.05) is 0 Å². The average Bonchev–Trinajstić information content (AvgIpc) is 2.67. The number of rotatable bonds is 6. The Kier molecular flexibility index (Phi) is 5.92. The quantitative estimate of drug-likeness (QED) is 0.317. The van der Waals surface area contributed by atoms with Crippen molar-refractivity contribution in [2.45, 2.75) is 4.90 Å². The Labute approximate surface area is 167 Å². The molecule has 0 aliphatic rings. The van der Waals surface area contributed by atoms with E-state index in [4.69, 9.17) is 15.8 Å². The van der Waals surface area contributed by atoms with E-state index < -0.39 is 15.9 Å². The number of carbonyl (C=O) groups is 1. The topological polar surface area (TPSA) is 60.4 Å². The second kappa shape index (κ2) is 8.37. The van der Waals surface area contributed by atoms with E-state index in [1.165, 1.54) is 30.3 Å². The van der Waals surface area contributed by atoms with Crippen LogP contribution in [0.1, 0.15) is 15.9 Å². The molecule has 0 heterocycles. The molecule has 0 radical (unpaired) electrons. The summed E-state index contributed by atoms with van der Waals surface area (Å²) in [6.45, 7) is 0. The van der Waals surface area contributed by atoms with E-state index in [0.29, 0.717) is 10.6 Å². The van der Waals surface area contributed by atoms with E-state index in [9.17, 15) is 17.6 Å². The summed E-state index contributed by atoms with van der Waals surface area (Å²) >= 11 is 5.90. The molecule has 0 fully saturated rings. The van der Waals surface area contributed by atoms with Crippen molar-refractivity contribution in [3.63, 3.8) is 0 Å². The van der Waals surface area contributed by atoms with Gasteiger partial charge in [-0.05, 0) is 72.3 Å². The van der Waals surface area contributed by atoms with Crippen LogP contribution in [0.3, 0.4) is 0 Å². The minimum absolute atomic E-state index is 0.0414. The summed E-state index contributed by atoms with van der Waals surface area (Å²) in [5.74, 6) is -0.764. The maximum atomic E-state index is 12.9. The van der Waals surface area contributed by atoms with Crippen LogP contribution in [0.2, 0.25) is 5.02 Å². The summed E-state index contributed by atoms with van der Waals surface area (Å²) in [5.41, 5.74) is 1.15. The first-order valence-electron chi connectivity index (χ1n) is 8.12. The van der Waals surface area contributed by atoms with Gasteiger partial charge in [-0.2, -0.15) is 8.42 Å². The lowest BCUT2D eigenvalue weighted by Crippen LogP contribution is -2.09. The highest BCUT2D eigenvalue weighted by Crippen LogP contribution is 2.20. The molecule has 0 N–H and O–H groups in total. The van der Waals surface area contributed by atoms with E-state index in [2.05, 4.69) is 0 Å². The zero-order valence-corrected chi connectivity index (χ0v) is 16.0. The fraction of sp³-hybridized carbons (Fsp3) is 0. The second-order valence-corrected chi connectivity index (χ2v) is 7.75. The molecule has 142 valence electrons. The number of halogens is 2. The summed E-state index contributed by atoms with van der Waals surface area (Å²) in [5, 5.41) is 0.568.